The Labute approximate surface area is 97.1 Å². The Morgan fingerprint density at radius 1 is 1.53 bits per heavy atom. The van der Waals surface area contributed by atoms with Crippen LogP contribution in [0.2, 0.25) is 0 Å². The monoisotopic (exact) mass is 236 g/mol. The van der Waals surface area contributed by atoms with Gasteiger partial charge in [-0.15, -0.1) is 11.3 Å². The van der Waals surface area contributed by atoms with Crippen molar-refractivity contribution in [2.75, 3.05) is 6.54 Å². The summed E-state index contributed by atoms with van der Waals surface area (Å²) in [5.74, 6) is 0. The first-order chi connectivity index (χ1) is 7.34. The zero-order valence-electron chi connectivity index (χ0n) is 8.49. The summed E-state index contributed by atoms with van der Waals surface area (Å²) >= 11 is 3.49. The Morgan fingerprint density at radius 2 is 2.47 bits per heavy atom. The average molecular weight is 236 g/mol. The Balaban J connectivity index is 2.02. The summed E-state index contributed by atoms with van der Waals surface area (Å²) in [7, 11) is 0. The number of hydrogen-bond donors (Lipinski definition) is 1. The second-order valence-electron chi connectivity index (χ2n) is 3.81. The van der Waals surface area contributed by atoms with Crippen LogP contribution in [0.15, 0.2) is 17.5 Å². The minimum Gasteiger partial charge on any atom is -0.305 e. The van der Waals surface area contributed by atoms with E-state index in [1.807, 2.05) is 11.3 Å². The van der Waals surface area contributed by atoms with Gasteiger partial charge in [-0.05, 0) is 48.0 Å². The molecule has 0 saturated carbocycles. The third kappa shape index (κ3) is 1.62. The Hall–Kier alpha value is -0.710. The maximum atomic E-state index is 4.35. The molecule has 3 heterocycles. The lowest BCUT2D eigenvalue weighted by molar-refractivity contribution is 0.582. The molecule has 2 aromatic rings. The molecule has 1 aliphatic rings. The van der Waals surface area contributed by atoms with Crippen LogP contribution in [-0.2, 0) is 6.42 Å². The van der Waals surface area contributed by atoms with E-state index in [9.17, 15) is 0 Å². The first kappa shape index (κ1) is 9.51. The molecule has 1 atom stereocenters. The first-order valence-electron chi connectivity index (χ1n) is 5.07. The minimum atomic E-state index is 0.381. The highest BCUT2D eigenvalue weighted by Gasteiger charge is 2.23. The van der Waals surface area contributed by atoms with Crippen LogP contribution in [0.5, 0.6) is 0 Å². The number of nitrogens with zero attached hydrogens (tertiary/aromatic N) is 1. The van der Waals surface area contributed by atoms with Gasteiger partial charge in [0.15, 0.2) is 0 Å². The molecule has 1 N–H and O–H groups in total. The quantitative estimate of drug-likeness (QED) is 0.823. The Kier molecular flexibility index (Phi) is 2.35. The Bertz CT molecular complexity index is 472. The molecule has 15 heavy (non-hydrogen) atoms. The van der Waals surface area contributed by atoms with E-state index in [1.54, 1.807) is 11.5 Å². The fourth-order valence-electron chi connectivity index (χ4n) is 2.02. The highest BCUT2D eigenvalue weighted by molar-refractivity contribution is 7.10. The topological polar surface area (TPSA) is 24.9 Å². The van der Waals surface area contributed by atoms with Crippen LogP contribution in [0.25, 0.3) is 0 Å². The van der Waals surface area contributed by atoms with Crippen molar-refractivity contribution in [3.63, 3.8) is 0 Å². The van der Waals surface area contributed by atoms with Crippen LogP contribution in [0.1, 0.15) is 27.1 Å². The van der Waals surface area contributed by atoms with E-state index < -0.39 is 0 Å². The molecule has 2 aromatic heterocycles. The largest absolute Gasteiger partial charge is 0.305 e. The van der Waals surface area contributed by atoms with Crippen molar-refractivity contribution in [1.82, 2.24) is 9.69 Å². The van der Waals surface area contributed by atoms with Crippen molar-refractivity contribution < 1.29 is 0 Å². The molecule has 78 valence electrons. The molecule has 0 amide bonds. The van der Waals surface area contributed by atoms with E-state index in [1.165, 1.54) is 21.7 Å². The normalized spacial score (nSPS) is 20.2. The smallest absolute Gasteiger partial charge is 0.0698 e. The maximum Gasteiger partial charge on any atom is 0.0698 e. The van der Waals surface area contributed by atoms with Crippen molar-refractivity contribution >= 4 is 22.9 Å². The van der Waals surface area contributed by atoms with Crippen LogP contribution in [-0.4, -0.2) is 10.9 Å². The minimum absolute atomic E-state index is 0.381. The molecule has 0 aromatic carbocycles. The van der Waals surface area contributed by atoms with Crippen molar-refractivity contribution in [3.8, 4) is 0 Å². The van der Waals surface area contributed by atoms with Crippen LogP contribution < -0.4 is 5.32 Å². The molecule has 2 nitrogen and oxygen atoms in total. The summed E-state index contributed by atoms with van der Waals surface area (Å²) in [4.78, 5) is 2.87. The van der Waals surface area contributed by atoms with Gasteiger partial charge in [0, 0.05) is 16.3 Å². The third-order valence-corrected chi connectivity index (χ3v) is 4.66. The number of nitrogens with one attached hydrogen (secondary N) is 1. The zero-order valence-corrected chi connectivity index (χ0v) is 10.1. The molecule has 3 rings (SSSR count). The molecule has 0 spiro atoms. The van der Waals surface area contributed by atoms with Crippen molar-refractivity contribution in [2.45, 2.75) is 19.4 Å². The summed E-state index contributed by atoms with van der Waals surface area (Å²) in [6, 6.07) is 4.81. The highest BCUT2D eigenvalue weighted by Crippen LogP contribution is 2.33. The van der Waals surface area contributed by atoms with Gasteiger partial charge in [-0.3, -0.25) is 0 Å². The number of hydrogen-bond acceptors (Lipinski definition) is 4. The molecule has 0 aliphatic carbocycles. The van der Waals surface area contributed by atoms with Gasteiger partial charge in [-0.25, -0.2) is 0 Å². The predicted octanol–water partition coefficient (Wildman–Crippen LogP) is 2.75. The van der Waals surface area contributed by atoms with Crippen molar-refractivity contribution in [1.29, 1.82) is 0 Å². The lowest BCUT2D eigenvalue weighted by Crippen LogP contribution is -2.28. The van der Waals surface area contributed by atoms with Gasteiger partial charge in [0.1, 0.15) is 0 Å². The standard InChI is InChI=1S/C11H12N2S2/c1-7-6-10(15-13-7)11-8-3-5-14-9(8)2-4-12-11/h3,5-6,11-12H,2,4H2,1H3. The van der Waals surface area contributed by atoms with Gasteiger partial charge in [-0.1, -0.05) is 0 Å². The highest BCUT2D eigenvalue weighted by atomic mass is 32.1. The summed E-state index contributed by atoms with van der Waals surface area (Å²) in [6.45, 7) is 3.13. The van der Waals surface area contributed by atoms with Gasteiger partial charge in [0.25, 0.3) is 0 Å². The summed E-state index contributed by atoms with van der Waals surface area (Å²) in [5.41, 5.74) is 2.58. The van der Waals surface area contributed by atoms with E-state index in [-0.39, 0.29) is 0 Å². The number of fused-ring (bicyclic) bond motifs is 1. The molecular weight excluding hydrogens is 224 g/mol. The molecule has 0 fully saturated rings. The maximum absolute atomic E-state index is 4.35. The second-order valence-corrected chi connectivity index (χ2v) is 5.64. The summed E-state index contributed by atoms with van der Waals surface area (Å²) < 4.78 is 4.35. The van der Waals surface area contributed by atoms with Crippen LogP contribution in [0.4, 0.5) is 0 Å². The van der Waals surface area contributed by atoms with Gasteiger partial charge >= 0.3 is 0 Å². The van der Waals surface area contributed by atoms with E-state index in [4.69, 9.17) is 0 Å². The fraction of sp³-hybridized carbons (Fsp3) is 0.364. The Morgan fingerprint density at radius 3 is 3.27 bits per heavy atom. The van der Waals surface area contributed by atoms with Crippen LogP contribution >= 0.6 is 22.9 Å². The molecule has 1 unspecified atom stereocenters. The van der Waals surface area contributed by atoms with E-state index in [0.29, 0.717) is 6.04 Å². The second kappa shape index (κ2) is 3.70. The van der Waals surface area contributed by atoms with Gasteiger partial charge in [-0.2, -0.15) is 4.37 Å². The van der Waals surface area contributed by atoms with Gasteiger partial charge in [0.05, 0.1) is 11.7 Å². The fourth-order valence-corrected chi connectivity index (χ4v) is 3.79. The van der Waals surface area contributed by atoms with E-state index in [0.717, 1.165) is 12.2 Å². The van der Waals surface area contributed by atoms with E-state index >= 15 is 0 Å². The number of thiophene rings is 1. The average Bonchev–Trinajstić information content (AvgIpc) is 2.84. The molecule has 0 radical (unpaired) electrons. The lowest BCUT2D eigenvalue weighted by Gasteiger charge is -2.22. The van der Waals surface area contributed by atoms with Crippen molar-refractivity contribution in [2.24, 2.45) is 0 Å². The van der Waals surface area contributed by atoms with E-state index in [2.05, 4.69) is 34.1 Å². The van der Waals surface area contributed by atoms with Crippen LogP contribution in [0, 0.1) is 6.92 Å². The third-order valence-electron chi connectivity index (χ3n) is 2.72. The SMILES string of the molecule is Cc1cc(C2NCCc3sccc32)sn1. The zero-order chi connectivity index (χ0) is 10.3. The molecule has 0 bridgehead atoms. The van der Waals surface area contributed by atoms with Gasteiger partial charge < -0.3 is 5.32 Å². The number of rotatable bonds is 1. The van der Waals surface area contributed by atoms with Gasteiger partial charge in [0.2, 0.25) is 0 Å². The molecule has 0 saturated heterocycles. The molecular formula is C11H12N2S2. The van der Waals surface area contributed by atoms with Crippen LogP contribution in [0.3, 0.4) is 0 Å². The summed E-state index contributed by atoms with van der Waals surface area (Å²) in [5, 5.41) is 5.76. The summed E-state index contributed by atoms with van der Waals surface area (Å²) in [6.07, 6.45) is 1.17. The molecule has 4 heteroatoms. The van der Waals surface area contributed by atoms with Crippen molar-refractivity contribution in [3.05, 3.63) is 38.5 Å². The first-order valence-corrected chi connectivity index (χ1v) is 6.73. The number of aryl methyl sites for hydroxylation is 1. The predicted molar refractivity (Wildman–Crippen MR) is 64.7 cm³/mol. The lowest BCUT2D eigenvalue weighted by atomic mass is 10.0. The number of aromatic nitrogens is 1. The molecule has 1 aliphatic heterocycles.